The van der Waals surface area contributed by atoms with Crippen LogP contribution in [0.15, 0.2) is 27.5 Å². The molecule has 1 unspecified atom stereocenters. The smallest absolute Gasteiger partial charge is 0.287 e. The summed E-state index contributed by atoms with van der Waals surface area (Å²) in [4.78, 5) is 12.4. The normalized spacial score (nSPS) is 22.0. The van der Waals surface area contributed by atoms with Gasteiger partial charge >= 0.3 is 0 Å². The number of carbonyl (C=O) groups is 1. The van der Waals surface area contributed by atoms with Gasteiger partial charge in [-0.2, -0.15) is 0 Å². The predicted octanol–water partition coefficient (Wildman–Crippen LogP) is 2.07. The Morgan fingerprint density at radius 2 is 2.05 bits per heavy atom. The zero-order valence-corrected chi connectivity index (χ0v) is 14.2. The third kappa shape index (κ3) is 3.25. The molecule has 0 aliphatic heterocycles. The number of allylic oxidation sites excluding steroid dienone is 1. The monoisotopic (exact) mass is 326 g/mol. The fourth-order valence-electron chi connectivity index (χ4n) is 2.44. The van der Waals surface area contributed by atoms with Crippen LogP contribution in [-0.2, 0) is 10.0 Å². The Hall–Kier alpha value is -1.60. The Kier molecular flexibility index (Phi) is 4.49. The summed E-state index contributed by atoms with van der Waals surface area (Å²) in [6.07, 6.45) is 6.64. The van der Waals surface area contributed by atoms with Gasteiger partial charge in [0.1, 0.15) is 10.7 Å². The lowest BCUT2D eigenvalue weighted by atomic mass is 9.87. The molecule has 22 heavy (non-hydrogen) atoms. The first kappa shape index (κ1) is 16.8. The van der Waals surface area contributed by atoms with Crippen LogP contribution in [0, 0.1) is 6.92 Å². The Morgan fingerprint density at radius 1 is 1.36 bits per heavy atom. The molecule has 1 aromatic rings. The van der Waals surface area contributed by atoms with Crippen molar-refractivity contribution in [3.63, 3.8) is 0 Å². The van der Waals surface area contributed by atoms with Gasteiger partial charge in [-0.1, -0.05) is 12.2 Å². The Labute approximate surface area is 131 Å². The molecular weight excluding hydrogens is 304 g/mol. The fraction of sp³-hybridized carbons (Fsp3) is 0.533. The predicted molar refractivity (Wildman–Crippen MR) is 83.2 cm³/mol. The van der Waals surface area contributed by atoms with Crippen molar-refractivity contribution in [2.24, 2.45) is 0 Å². The van der Waals surface area contributed by atoms with Crippen LogP contribution in [0.4, 0.5) is 0 Å². The van der Waals surface area contributed by atoms with E-state index in [2.05, 4.69) is 11.4 Å². The van der Waals surface area contributed by atoms with E-state index in [0.29, 0.717) is 0 Å². The molecule has 1 atom stereocenters. The Bertz CT molecular complexity index is 703. The molecule has 0 aromatic carbocycles. The van der Waals surface area contributed by atoms with Crippen LogP contribution in [0.2, 0.25) is 0 Å². The SMILES string of the molecule is Cc1oc(C(=O)NC2(C)CC=CCC2)cc1S(=O)(=O)N(C)C. The topological polar surface area (TPSA) is 79.6 Å². The molecule has 1 aliphatic rings. The van der Waals surface area contributed by atoms with Crippen molar-refractivity contribution in [1.82, 2.24) is 9.62 Å². The highest BCUT2D eigenvalue weighted by atomic mass is 32.2. The third-order valence-corrected chi connectivity index (χ3v) is 5.79. The van der Waals surface area contributed by atoms with E-state index in [1.54, 1.807) is 0 Å². The number of amides is 1. The third-order valence-electron chi connectivity index (χ3n) is 3.87. The first-order chi connectivity index (χ1) is 10.2. The fourth-order valence-corrected chi connectivity index (χ4v) is 3.50. The maximum absolute atomic E-state index is 12.3. The van der Waals surface area contributed by atoms with Gasteiger partial charge in [-0.25, -0.2) is 12.7 Å². The van der Waals surface area contributed by atoms with E-state index < -0.39 is 10.0 Å². The van der Waals surface area contributed by atoms with E-state index in [4.69, 9.17) is 4.42 Å². The van der Waals surface area contributed by atoms with Gasteiger partial charge in [0, 0.05) is 25.7 Å². The number of rotatable bonds is 4. The van der Waals surface area contributed by atoms with E-state index in [1.165, 1.54) is 27.1 Å². The van der Waals surface area contributed by atoms with Crippen molar-refractivity contribution in [3.8, 4) is 0 Å². The van der Waals surface area contributed by atoms with Gasteiger partial charge in [0.2, 0.25) is 10.0 Å². The molecule has 0 radical (unpaired) electrons. The molecule has 1 heterocycles. The maximum Gasteiger partial charge on any atom is 0.287 e. The highest BCUT2D eigenvalue weighted by molar-refractivity contribution is 7.89. The van der Waals surface area contributed by atoms with Gasteiger partial charge in [-0.05, 0) is 33.1 Å². The number of furan rings is 1. The van der Waals surface area contributed by atoms with Gasteiger partial charge in [0.05, 0.1) is 0 Å². The van der Waals surface area contributed by atoms with Crippen LogP contribution in [0.3, 0.4) is 0 Å². The molecule has 122 valence electrons. The molecule has 6 nitrogen and oxygen atoms in total. The minimum atomic E-state index is -3.62. The quantitative estimate of drug-likeness (QED) is 0.859. The second-order valence-electron chi connectivity index (χ2n) is 6.05. The highest BCUT2D eigenvalue weighted by Crippen LogP contribution is 2.25. The van der Waals surface area contributed by atoms with Gasteiger partial charge in [-0.15, -0.1) is 0 Å². The van der Waals surface area contributed by atoms with E-state index in [1.807, 2.05) is 13.0 Å². The number of carbonyl (C=O) groups excluding carboxylic acids is 1. The van der Waals surface area contributed by atoms with Crippen LogP contribution in [0.1, 0.15) is 42.5 Å². The molecule has 0 spiro atoms. The largest absolute Gasteiger partial charge is 0.455 e. The van der Waals surface area contributed by atoms with Gasteiger partial charge in [0.25, 0.3) is 5.91 Å². The number of nitrogens with one attached hydrogen (secondary N) is 1. The van der Waals surface area contributed by atoms with Crippen molar-refractivity contribution < 1.29 is 17.6 Å². The van der Waals surface area contributed by atoms with E-state index >= 15 is 0 Å². The molecule has 7 heteroatoms. The summed E-state index contributed by atoms with van der Waals surface area (Å²) >= 11 is 0. The summed E-state index contributed by atoms with van der Waals surface area (Å²) in [5.41, 5.74) is -0.326. The molecule has 0 saturated carbocycles. The van der Waals surface area contributed by atoms with Crippen molar-refractivity contribution in [1.29, 1.82) is 0 Å². The Balaban J connectivity index is 2.24. The first-order valence-electron chi connectivity index (χ1n) is 7.16. The second-order valence-corrected chi connectivity index (χ2v) is 8.17. The summed E-state index contributed by atoms with van der Waals surface area (Å²) in [5.74, 6) is -0.151. The average molecular weight is 326 g/mol. The zero-order chi connectivity index (χ0) is 16.5. The highest BCUT2D eigenvalue weighted by Gasteiger charge is 2.30. The number of hydrogen-bond acceptors (Lipinski definition) is 4. The Morgan fingerprint density at radius 3 is 2.59 bits per heavy atom. The van der Waals surface area contributed by atoms with Crippen LogP contribution < -0.4 is 5.32 Å². The van der Waals surface area contributed by atoms with Crippen LogP contribution in [0.25, 0.3) is 0 Å². The van der Waals surface area contributed by atoms with E-state index in [9.17, 15) is 13.2 Å². The zero-order valence-electron chi connectivity index (χ0n) is 13.3. The van der Waals surface area contributed by atoms with Crippen LogP contribution in [-0.4, -0.2) is 38.3 Å². The van der Waals surface area contributed by atoms with E-state index in [-0.39, 0.29) is 27.9 Å². The van der Waals surface area contributed by atoms with Crippen molar-refractivity contribution in [3.05, 3.63) is 29.7 Å². The average Bonchev–Trinajstić information content (AvgIpc) is 2.81. The van der Waals surface area contributed by atoms with Gasteiger partial charge in [-0.3, -0.25) is 4.79 Å². The number of nitrogens with zero attached hydrogens (tertiary/aromatic N) is 1. The van der Waals surface area contributed by atoms with Crippen LogP contribution >= 0.6 is 0 Å². The van der Waals surface area contributed by atoms with Gasteiger partial charge < -0.3 is 9.73 Å². The molecule has 0 fully saturated rings. The van der Waals surface area contributed by atoms with Crippen LogP contribution in [0.5, 0.6) is 0 Å². The molecule has 0 saturated heterocycles. The molecule has 1 aromatic heterocycles. The molecule has 2 rings (SSSR count). The summed E-state index contributed by atoms with van der Waals surface area (Å²) < 4.78 is 30.8. The van der Waals surface area contributed by atoms with Crippen molar-refractivity contribution >= 4 is 15.9 Å². The van der Waals surface area contributed by atoms with Crippen molar-refractivity contribution in [2.45, 2.75) is 43.5 Å². The summed E-state index contributed by atoms with van der Waals surface area (Å²) in [6.45, 7) is 3.51. The molecule has 1 amide bonds. The molecular formula is C15H22N2O4S. The standard InChI is InChI=1S/C15H22N2O4S/c1-11-13(22(19,20)17(3)4)10-12(21-11)14(18)16-15(2)8-6-5-7-9-15/h5-6,10H,7-9H2,1-4H3,(H,16,18). The summed E-state index contributed by atoms with van der Waals surface area (Å²) in [7, 11) is -0.737. The first-order valence-corrected chi connectivity index (χ1v) is 8.60. The number of aryl methyl sites for hydroxylation is 1. The molecule has 0 bridgehead atoms. The minimum absolute atomic E-state index is 0.0219. The molecule has 1 aliphatic carbocycles. The summed E-state index contributed by atoms with van der Waals surface area (Å²) in [5, 5.41) is 2.94. The van der Waals surface area contributed by atoms with Gasteiger partial charge in [0.15, 0.2) is 5.76 Å². The lowest BCUT2D eigenvalue weighted by molar-refractivity contribution is 0.0870. The molecule has 1 N–H and O–H groups in total. The van der Waals surface area contributed by atoms with Crippen molar-refractivity contribution in [2.75, 3.05) is 14.1 Å². The number of sulfonamides is 1. The second kappa shape index (κ2) is 5.89. The summed E-state index contributed by atoms with van der Waals surface area (Å²) in [6, 6.07) is 1.29. The van der Waals surface area contributed by atoms with E-state index in [0.717, 1.165) is 23.6 Å². The lowest BCUT2D eigenvalue weighted by Crippen LogP contribution is -2.46. The minimum Gasteiger partial charge on any atom is -0.455 e. The number of hydrogen-bond donors (Lipinski definition) is 1. The maximum atomic E-state index is 12.3. The lowest BCUT2D eigenvalue weighted by Gasteiger charge is -2.31.